The summed E-state index contributed by atoms with van der Waals surface area (Å²) in [5.41, 5.74) is 0.168. The van der Waals surface area contributed by atoms with Crippen molar-refractivity contribution in [3.8, 4) is 11.6 Å². The Bertz CT molecular complexity index is 735. The van der Waals surface area contributed by atoms with Crippen LogP contribution in [-0.4, -0.2) is 26.0 Å². The molecule has 0 atom stereocenters. The van der Waals surface area contributed by atoms with Crippen molar-refractivity contribution >= 4 is 27.6 Å². The van der Waals surface area contributed by atoms with E-state index in [4.69, 9.17) is 9.84 Å². The lowest BCUT2D eigenvalue weighted by molar-refractivity contribution is -0.385. The minimum Gasteiger partial charge on any atom is -0.478 e. The molecule has 0 aliphatic carbocycles. The monoisotopic (exact) mass is 353 g/mol. The second-order valence-corrected chi connectivity index (χ2v) is 4.75. The smallest absolute Gasteiger partial charge is 0.337 e. The van der Waals surface area contributed by atoms with E-state index in [-0.39, 0.29) is 22.9 Å². The fourth-order valence-electron chi connectivity index (χ4n) is 1.50. The molecule has 0 radical (unpaired) electrons. The van der Waals surface area contributed by atoms with E-state index in [1.54, 1.807) is 6.92 Å². The van der Waals surface area contributed by atoms with Gasteiger partial charge in [-0.3, -0.25) is 15.1 Å². The predicted octanol–water partition coefficient (Wildman–Crippen LogP) is 2.95. The largest absolute Gasteiger partial charge is 0.478 e. The van der Waals surface area contributed by atoms with Gasteiger partial charge in [0, 0.05) is 11.8 Å². The number of hydrogen-bond donors (Lipinski definition) is 1. The van der Waals surface area contributed by atoms with Crippen molar-refractivity contribution in [3.63, 3.8) is 0 Å². The van der Waals surface area contributed by atoms with Gasteiger partial charge in [0.1, 0.15) is 11.9 Å². The molecule has 8 nitrogen and oxygen atoms in total. The lowest BCUT2D eigenvalue weighted by Crippen LogP contribution is -2.00. The first-order valence-corrected chi connectivity index (χ1v) is 6.35. The molecule has 0 unspecified atom stereocenters. The maximum Gasteiger partial charge on any atom is 0.337 e. The zero-order chi connectivity index (χ0) is 15.6. The van der Waals surface area contributed by atoms with Gasteiger partial charge in [0.15, 0.2) is 0 Å². The van der Waals surface area contributed by atoms with Crippen LogP contribution in [-0.2, 0) is 0 Å². The summed E-state index contributed by atoms with van der Waals surface area (Å²) in [6.45, 7) is 1.54. The molecule has 2 rings (SSSR count). The minimum atomic E-state index is -1.14. The highest BCUT2D eigenvalue weighted by molar-refractivity contribution is 9.10. The first kappa shape index (κ1) is 14.9. The van der Waals surface area contributed by atoms with Crippen LogP contribution >= 0.6 is 15.9 Å². The van der Waals surface area contributed by atoms with Crippen molar-refractivity contribution in [1.29, 1.82) is 0 Å². The number of ether oxygens (including phenoxy) is 1. The highest BCUT2D eigenvalue weighted by Crippen LogP contribution is 2.34. The molecule has 0 saturated carbocycles. The van der Waals surface area contributed by atoms with E-state index >= 15 is 0 Å². The van der Waals surface area contributed by atoms with E-state index < -0.39 is 10.9 Å². The summed E-state index contributed by atoms with van der Waals surface area (Å²) in [6.07, 6.45) is 3.57. The van der Waals surface area contributed by atoms with E-state index in [1.807, 2.05) is 0 Å². The summed E-state index contributed by atoms with van der Waals surface area (Å²) in [5, 5.41) is 19.7. The molecule has 0 amide bonds. The molecule has 0 aromatic carbocycles. The number of pyridine rings is 2. The highest BCUT2D eigenvalue weighted by atomic mass is 79.9. The number of hydrogen-bond acceptors (Lipinski definition) is 6. The number of rotatable bonds is 4. The van der Waals surface area contributed by atoms with E-state index in [0.717, 1.165) is 6.20 Å². The first-order chi connectivity index (χ1) is 9.90. The summed E-state index contributed by atoms with van der Waals surface area (Å²) >= 11 is 3.18. The molecule has 2 aromatic rings. The molecule has 0 aliphatic heterocycles. The number of nitrogens with zero attached hydrogens (tertiary/aromatic N) is 3. The number of aromatic nitrogens is 2. The average molecular weight is 354 g/mol. The van der Waals surface area contributed by atoms with Crippen LogP contribution in [0, 0.1) is 17.0 Å². The number of carboxylic acids is 1. The van der Waals surface area contributed by atoms with E-state index in [9.17, 15) is 14.9 Å². The predicted molar refractivity (Wildman–Crippen MR) is 74.6 cm³/mol. The lowest BCUT2D eigenvalue weighted by atomic mass is 10.2. The fourth-order valence-corrected chi connectivity index (χ4v) is 1.89. The second-order valence-electron chi connectivity index (χ2n) is 3.96. The summed E-state index contributed by atoms with van der Waals surface area (Å²) in [5.74, 6) is -0.890. The van der Waals surface area contributed by atoms with Gasteiger partial charge < -0.3 is 9.84 Å². The van der Waals surface area contributed by atoms with Crippen LogP contribution in [0.2, 0.25) is 0 Å². The van der Waals surface area contributed by atoms with Gasteiger partial charge in [-0.15, -0.1) is 0 Å². The standard InChI is InChI=1S/C12H8BrN3O5/c1-6-9(16(19)20)5-15-11(10(6)13)21-8-2-7(12(17)18)3-14-4-8/h2-5H,1H3,(H,17,18). The third kappa shape index (κ3) is 3.14. The first-order valence-electron chi connectivity index (χ1n) is 5.56. The Kier molecular flexibility index (Phi) is 4.13. The van der Waals surface area contributed by atoms with Gasteiger partial charge in [0.25, 0.3) is 5.69 Å². The van der Waals surface area contributed by atoms with Crippen molar-refractivity contribution in [2.75, 3.05) is 0 Å². The van der Waals surface area contributed by atoms with Gasteiger partial charge in [-0.2, -0.15) is 0 Å². The molecule has 0 aliphatic rings. The van der Waals surface area contributed by atoms with Crippen molar-refractivity contribution in [2.45, 2.75) is 6.92 Å². The molecule has 1 N–H and O–H groups in total. The van der Waals surface area contributed by atoms with E-state index in [1.165, 1.54) is 18.5 Å². The Morgan fingerprint density at radius 3 is 2.76 bits per heavy atom. The van der Waals surface area contributed by atoms with Crippen LogP contribution in [0.5, 0.6) is 11.6 Å². The Labute approximate surface area is 126 Å². The quantitative estimate of drug-likeness (QED) is 0.663. The van der Waals surface area contributed by atoms with Gasteiger partial charge >= 0.3 is 5.97 Å². The zero-order valence-electron chi connectivity index (χ0n) is 10.6. The SMILES string of the molecule is Cc1c([N+](=O)[O-])cnc(Oc2cncc(C(=O)O)c2)c1Br. The number of halogens is 1. The lowest BCUT2D eigenvalue weighted by Gasteiger charge is -2.08. The van der Waals surface area contributed by atoms with Gasteiger partial charge in [0.05, 0.1) is 21.2 Å². The summed E-state index contributed by atoms with van der Waals surface area (Å²) in [6, 6.07) is 1.28. The third-order valence-corrected chi connectivity index (χ3v) is 3.51. The Balaban J connectivity index is 2.36. The Morgan fingerprint density at radius 2 is 2.14 bits per heavy atom. The Morgan fingerprint density at radius 1 is 1.43 bits per heavy atom. The van der Waals surface area contributed by atoms with Crippen molar-refractivity contribution < 1.29 is 19.6 Å². The van der Waals surface area contributed by atoms with Crippen molar-refractivity contribution in [2.24, 2.45) is 0 Å². The maximum atomic E-state index is 10.9. The van der Waals surface area contributed by atoms with Crippen LogP contribution in [0.4, 0.5) is 5.69 Å². The third-order valence-electron chi connectivity index (χ3n) is 2.58. The van der Waals surface area contributed by atoms with Gasteiger partial charge in [-0.25, -0.2) is 9.78 Å². The summed E-state index contributed by atoms with van der Waals surface area (Å²) < 4.78 is 5.73. The normalized spacial score (nSPS) is 10.2. The highest BCUT2D eigenvalue weighted by Gasteiger charge is 2.18. The summed E-state index contributed by atoms with van der Waals surface area (Å²) in [7, 11) is 0. The zero-order valence-corrected chi connectivity index (χ0v) is 12.2. The Hall–Kier alpha value is -2.55. The maximum absolute atomic E-state index is 10.9. The molecule has 108 valence electrons. The van der Waals surface area contributed by atoms with Crippen LogP contribution in [0.1, 0.15) is 15.9 Å². The molecule has 0 fully saturated rings. The van der Waals surface area contributed by atoms with Crippen LogP contribution in [0.25, 0.3) is 0 Å². The molecule has 9 heteroatoms. The van der Waals surface area contributed by atoms with Crippen molar-refractivity contribution in [1.82, 2.24) is 9.97 Å². The minimum absolute atomic E-state index is 0.0396. The second kappa shape index (κ2) is 5.83. The summed E-state index contributed by atoms with van der Waals surface area (Å²) in [4.78, 5) is 28.7. The van der Waals surface area contributed by atoms with Gasteiger partial charge in [0.2, 0.25) is 5.88 Å². The topological polar surface area (TPSA) is 115 Å². The molecule has 21 heavy (non-hydrogen) atoms. The molecular formula is C12H8BrN3O5. The van der Waals surface area contributed by atoms with Crippen LogP contribution < -0.4 is 4.74 Å². The average Bonchev–Trinajstić information content (AvgIpc) is 2.44. The van der Waals surface area contributed by atoms with Crippen LogP contribution in [0.3, 0.4) is 0 Å². The van der Waals surface area contributed by atoms with Crippen molar-refractivity contribution in [3.05, 3.63) is 50.4 Å². The molecule has 2 aromatic heterocycles. The van der Waals surface area contributed by atoms with Gasteiger partial charge in [-0.05, 0) is 28.9 Å². The molecule has 2 heterocycles. The molecule has 0 bridgehead atoms. The molecule has 0 spiro atoms. The number of carbonyl (C=O) groups is 1. The van der Waals surface area contributed by atoms with Gasteiger partial charge in [-0.1, -0.05) is 0 Å². The van der Waals surface area contributed by atoms with E-state index in [0.29, 0.717) is 10.0 Å². The number of nitro groups is 1. The molecule has 0 saturated heterocycles. The molecular weight excluding hydrogens is 346 g/mol. The fraction of sp³-hybridized carbons (Fsp3) is 0.0833. The van der Waals surface area contributed by atoms with E-state index in [2.05, 4.69) is 25.9 Å². The number of carboxylic acid groups (broad SMARTS) is 1. The van der Waals surface area contributed by atoms with Crippen LogP contribution in [0.15, 0.2) is 29.1 Å². The number of aromatic carboxylic acids is 1.